The molecule has 3 heterocycles. The molecule has 1 amide bonds. The lowest BCUT2D eigenvalue weighted by molar-refractivity contribution is -0.192. The van der Waals surface area contributed by atoms with E-state index in [1.807, 2.05) is 24.3 Å². The summed E-state index contributed by atoms with van der Waals surface area (Å²) in [6.45, 7) is 1.92. The van der Waals surface area contributed by atoms with Crippen molar-refractivity contribution in [1.82, 2.24) is 15.6 Å². The standard InChI is InChI=1S/C21H22BrN3O4.C2HF3O2/c22-14-1-3-15(4-2-14)28-16-5-8-24-18(11-16)19(26)25-13-17-12-21(20(27)29-17)6-9-23-10-7-21;3-2(4,5)1(6)7/h1-5,8,11,17,23H,6-7,9-10,12-13H2,(H,25,26);(H,6,7). The van der Waals surface area contributed by atoms with Crippen LogP contribution in [0.15, 0.2) is 47.1 Å². The number of aromatic nitrogens is 1. The Morgan fingerprint density at radius 2 is 1.83 bits per heavy atom. The van der Waals surface area contributed by atoms with Gasteiger partial charge in [-0.3, -0.25) is 14.6 Å². The highest BCUT2D eigenvalue weighted by molar-refractivity contribution is 9.10. The predicted molar refractivity (Wildman–Crippen MR) is 124 cm³/mol. The number of amides is 1. The van der Waals surface area contributed by atoms with E-state index in [2.05, 4.69) is 31.5 Å². The van der Waals surface area contributed by atoms with E-state index in [4.69, 9.17) is 19.4 Å². The summed E-state index contributed by atoms with van der Waals surface area (Å²) < 4.78 is 44.0. The van der Waals surface area contributed by atoms with Gasteiger partial charge >= 0.3 is 18.1 Å². The lowest BCUT2D eigenvalue weighted by Gasteiger charge is -2.29. The topological polar surface area (TPSA) is 127 Å². The second kappa shape index (κ2) is 11.7. The fourth-order valence-electron chi connectivity index (χ4n) is 3.80. The maximum atomic E-state index is 12.5. The molecule has 0 radical (unpaired) electrons. The number of carbonyl (C=O) groups excluding carboxylic acids is 2. The van der Waals surface area contributed by atoms with Crippen LogP contribution in [0.4, 0.5) is 13.2 Å². The van der Waals surface area contributed by atoms with E-state index in [0.717, 1.165) is 30.4 Å². The Hall–Kier alpha value is -3.19. The number of piperidine rings is 1. The molecule has 36 heavy (non-hydrogen) atoms. The number of nitrogens with one attached hydrogen (secondary N) is 2. The molecule has 194 valence electrons. The minimum absolute atomic E-state index is 0.138. The van der Waals surface area contributed by atoms with E-state index in [-0.39, 0.29) is 30.2 Å². The molecule has 0 aliphatic carbocycles. The summed E-state index contributed by atoms with van der Waals surface area (Å²) in [4.78, 5) is 37.9. The SMILES string of the molecule is O=C(NCC1CC2(CCNCC2)C(=O)O1)c1cc(Oc2ccc(Br)cc2)ccn1.O=C(O)C(F)(F)F. The van der Waals surface area contributed by atoms with Gasteiger partial charge in [0.15, 0.2) is 0 Å². The maximum absolute atomic E-state index is 12.5. The van der Waals surface area contributed by atoms with Crippen LogP contribution in [0.25, 0.3) is 0 Å². The molecule has 0 bridgehead atoms. The van der Waals surface area contributed by atoms with Crippen molar-refractivity contribution >= 4 is 33.8 Å². The number of aliphatic carboxylic acids is 1. The average molecular weight is 574 g/mol. The summed E-state index contributed by atoms with van der Waals surface area (Å²) in [5.74, 6) is -2.04. The van der Waals surface area contributed by atoms with Crippen molar-refractivity contribution in [2.24, 2.45) is 5.41 Å². The molecule has 1 aromatic carbocycles. The first-order chi connectivity index (χ1) is 17.0. The van der Waals surface area contributed by atoms with Crippen molar-refractivity contribution in [3.8, 4) is 11.5 Å². The van der Waals surface area contributed by atoms with Crippen LogP contribution in [0.2, 0.25) is 0 Å². The van der Waals surface area contributed by atoms with Crippen LogP contribution in [0.5, 0.6) is 11.5 Å². The Morgan fingerprint density at radius 1 is 1.19 bits per heavy atom. The van der Waals surface area contributed by atoms with Crippen molar-refractivity contribution < 1.29 is 42.1 Å². The second-order valence-corrected chi connectivity index (χ2v) is 9.12. The lowest BCUT2D eigenvalue weighted by Crippen LogP contribution is -2.39. The number of carboxylic acid groups (broad SMARTS) is 1. The van der Waals surface area contributed by atoms with Gasteiger partial charge in [0.2, 0.25) is 0 Å². The predicted octanol–water partition coefficient (Wildman–Crippen LogP) is 3.68. The van der Waals surface area contributed by atoms with Gasteiger partial charge in [0.1, 0.15) is 23.3 Å². The molecule has 2 aliphatic heterocycles. The van der Waals surface area contributed by atoms with Crippen molar-refractivity contribution in [2.75, 3.05) is 19.6 Å². The maximum Gasteiger partial charge on any atom is 0.490 e. The number of alkyl halides is 3. The number of hydrogen-bond acceptors (Lipinski definition) is 7. The number of ether oxygens (including phenoxy) is 2. The first kappa shape index (κ1) is 27.4. The van der Waals surface area contributed by atoms with Gasteiger partial charge in [-0.25, -0.2) is 4.79 Å². The number of hydrogen-bond donors (Lipinski definition) is 3. The van der Waals surface area contributed by atoms with Crippen LogP contribution < -0.4 is 15.4 Å². The summed E-state index contributed by atoms with van der Waals surface area (Å²) >= 11 is 3.38. The normalized spacial score (nSPS) is 18.6. The Labute approximate surface area is 212 Å². The van der Waals surface area contributed by atoms with Crippen LogP contribution in [-0.2, 0) is 14.3 Å². The van der Waals surface area contributed by atoms with Gasteiger partial charge in [-0.05, 0) is 56.3 Å². The number of cyclic esters (lactones) is 1. The van der Waals surface area contributed by atoms with Gasteiger partial charge in [0.25, 0.3) is 5.91 Å². The van der Waals surface area contributed by atoms with Gasteiger partial charge in [-0.2, -0.15) is 13.2 Å². The molecule has 9 nitrogen and oxygen atoms in total. The van der Waals surface area contributed by atoms with Gasteiger partial charge < -0.3 is 25.2 Å². The van der Waals surface area contributed by atoms with Crippen LogP contribution >= 0.6 is 15.9 Å². The Morgan fingerprint density at radius 3 is 2.44 bits per heavy atom. The quantitative estimate of drug-likeness (QED) is 0.462. The van der Waals surface area contributed by atoms with Crippen LogP contribution in [-0.4, -0.2) is 59.9 Å². The number of pyridine rings is 1. The molecule has 1 spiro atoms. The van der Waals surface area contributed by atoms with Gasteiger partial charge in [0.05, 0.1) is 12.0 Å². The zero-order valence-corrected chi connectivity index (χ0v) is 20.4. The van der Waals surface area contributed by atoms with Crippen molar-refractivity contribution in [1.29, 1.82) is 0 Å². The third-order valence-corrected chi connectivity index (χ3v) is 6.16. The second-order valence-electron chi connectivity index (χ2n) is 8.21. The highest BCUT2D eigenvalue weighted by Crippen LogP contribution is 2.41. The molecular weight excluding hydrogens is 551 g/mol. The molecule has 1 unspecified atom stereocenters. The van der Waals surface area contributed by atoms with Crippen molar-refractivity contribution in [3.05, 3.63) is 52.8 Å². The fraction of sp³-hybridized carbons (Fsp3) is 0.391. The van der Waals surface area contributed by atoms with Crippen LogP contribution in [0.3, 0.4) is 0 Å². The van der Waals surface area contributed by atoms with Gasteiger partial charge in [-0.15, -0.1) is 0 Å². The summed E-state index contributed by atoms with van der Waals surface area (Å²) in [5.41, 5.74) is -0.141. The minimum atomic E-state index is -5.08. The third-order valence-electron chi connectivity index (χ3n) is 5.63. The zero-order chi connectivity index (χ0) is 26.3. The van der Waals surface area contributed by atoms with E-state index in [1.165, 1.54) is 6.20 Å². The molecule has 2 aromatic rings. The van der Waals surface area contributed by atoms with Crippen molar-refractivity contribution in [2.45, 2.75) is 31.5 Å². The molecule has 13 heteroatoms. The Bertz CT molecular complexity index is 1090. The third kappa shape index (κ3) is 7.40. The van der Waals surface area contributed by atoms with Crippen LogP contribution in [0.1, 0.15) is 29.8 Å². The number of nitrogens with zero attached hydrogens (tertiary/aromatic N) is 1. The Kier molecular flexibility index (Phi) is 8.90. The molecule has 2 aliphatic rings. The highest BCUT2D eigenvalue weighted by Gasteiger charge is 2.49. The minimum Gasteiger partial charge on any atom is -0.475 e. The molecule has 3 N–H and O–H groups in total. The number of benzene rings is 1. The molecule has 1 atom stereocenters. The van der Waals surface area contributed by atoms with E-state index in [1.54, 1.807) is 12.1 Å². The summed E-state index contributed by atoms with van der Waals surface area (Å²) in [5, 5.41) is 13.2. The van der Waals surface area contributed by atoms with E-state index < -0.39 is 17.6 Å². The smallest absolute Gasteiger partial charge is 0.475 e. The molecule has 1 aromatic heterocycles. The first-order valence-corrected chi connectivity index (χ1v) is 11.7. The molecule has 2 saturated heterocycles. The highest BCUT2D eigenvalue weighted by atomic mass is 79.9. The Balaban J connectivity index is 0.000000454. The van der Waals surface area contributed by atoms with Crippen molar-refractivity contribution in [3.63, 3.8) is 0 Å². The van der Waals surface area contributed by atoms with E-state index in [0.29, 0.717) is 17.9 Å². The van der Waals surface area contributed by atoms with Gasteiger partial charge in [-0.1, -0.05) is 15.9 Å². The lowest BCUT2D eigenvalue weighted by atomic mass is 9.76. The number of rotatable bonds is 5. The zero-order valence-electron chi connectivity index (χ0n) is 18.8. The molecule has 4 rings (SSSR count). The largest absolute Gasteiger partial charge is 0.490 e. The molecule has 2 fully saturated rings. The fourth-order valence-corrected chi connectivity index (χ4v) is 4.06. The monoisotopic (exact) mass is 573 g/mol. The summed E-state index contributed by atoms with van der Waals surface area (Å²) in [7, 11) is 0. The number of carbonyl (C=O) groups is 3. The summed E-state index contributed by atoms with van der Waals surface area (Å²) in [6, 6.07) is 10.7. The summed E-state index contributed by atoms with van der Waals surface area (Å²) in [6.07, 6.45) is -1.64. The first-order valence-electron chi connectivity index (χ1n) is 10.9. The molecule has 0 saturated carbocycles. The number of carboxylic acids is 1. The van der Waals surface area contributed by atoms with E-state index >= 15 is 0 Å². The van der Waals surface area contributed by atoms with Crippen LogP contribution in [0, 0.1) is 5.41 Å². The number of esters is 1. The number of halogens is 4. The van der Waals surface area contributed by atoms with E-state index in [9.17, 15) is 22.8 Å². The molecular formula is C23H23BrF3N3O6. The van der Waals surface area contributed by atoms with Gasteiger partial charge in [0, 0.05) is 23.2 Å². The average Bonchev–Trinajstić information content (AvgIpc) is 3.13.